The highest BCUT2D eigenvalue weighted by molar-refractivity contribution is 5.80. The molecule has 0 aliphatic heterocycles. The van der Waals surface area contributed by atoms with Crippen molar-refractivity contribution in [3.05, 3.63) is 75.6 Å². The molecule has 0 heterocycles. The van der Waals surface area contributed by atoms with Gasteiger partial charge in [-0.1, -0.05) is 50.1 Å². The summed E-state index contributed by atoms with van der Waals surface area (Å²) in [6.07, 6.45) is 2.87. The molecule has 0 saturated carbocycles. The van der Waals surface area contributed by atoms with E-state index >= 15 is 0 Å². The molecular weight excluding hydrogens is 335 g/mol. The number of amides is 1. The minimum atomic E-state index is -0.468. The topological polar surface area (TPSA) is 63.5 Å². The first-order valence-electron chi connectivity index (χ1n) is 8.75. The summed E-state index contributed by atoms with van der Waals surface area (Å²) in [4.78, 5) is 25.2. The fourth-order valence-corrected chi connectivity index (χ4v) is 2.77. The number of nitro groups is 1. The highest BCUT2D eigenvalue weighted by atomic mass is 19.1. The minimum Gasteiger partial charge on any atom is -0.338 e. The summed E-state index contributed by atoms with van der Waals surface area (Å²) in [5.74, 6) is -0.489. The van der Waals surface area contributed by atoms with Crippen molar-refractivity contribution < 1.29 is 14.1 Å². The van der Waals surface area contributed by atoms with E-state index in [1.807, 2.05) is 0 Å². The van der Waals surface area contributed by atoms with Crippen LogP contribution in [0.2, 0.25) is 0 Å². The number of unbranched alkanes of at least 4 members (excludes halogenated alkanes) is 2. The lowest BCUT2D eigenvalue weighted by atomic mass is 10.1. The summed E-state index contributed by atoms with van der Waals surface area (Å²) in [5.41, 5.74) is 1.19. The van der Waals surface area contributed by atoms with Crippen molar-refractivity contribution in [1.82, 2.24) is 4.90 Å². The second kappa shape index (κ2) is 9.65. The Balaban J connectivity index is 2.14. The van der Waals surface area contributed by atoms with Crippen molar-refractivity contribution >= 4 is 11.6 Å². The van der Waals surface area contributed by atoms with E-state index in [4.69, 9.17) is 0 Å². The van der Waals surface area contributed by atoms with Gasteiger partial charge in [0, 0.05) is 24.7 Å². The summed E-state index contributed by atoms with van der Waals surface area (Å²) in [5, 5.41) is 11.2. The Kier molecular flexibility index (Phi) is 7.26. The summed E-state index contributed by atoms with van der Waals surface area (Å²) in [7, 11) is 0. The first-order chi connectivity index (χ1) is 12.5. The van der Waals surface area contributed by atoms with Crippen LogP contribution >= 0.6 is 0 Å². The van der Waals surface area contributed by atoms with E-state index in [0.717, 1.165) is 24.8 Å². The minimum absolute atomic E-state index is 0.0233. The van der Waals surface area contributed by atoms with Crippen molar-refractivity contribution in [2.75, 3.05) is 6.54 Å². The maximum atomic E-state index is 13.1. The molecule has 0 spiro atoms. The van der Waals surface area contributed by atoms with Crippen LogP contribution in [0.25, 0.3) is 0 Å². The molecule has 2 aromatic carbocycles. The van der Waals surface area contributed by atoms with Gasteiger partial charge in [0.05, 0.1) is 11.3 Å². The molecule has 0 bridgehead atoms. The van der Waals surface area contributed by atoms with Gasteiger partial charge in [0.15, 0.2) is 0 Å². The zero-order valence-electron chi connectivity index (χ0n) is 14.9. The predicted octanol–water partition coefficient (Wildman–Crippen LogP) is 4.50. The Labute approximate surface area is 152 Å². The van der Waals surface area contributed by atoms with E-state index in [1.54, 1.807) is 35.2 Å². The van der Waals surface area contributed by atoms with Gasteiger partial charge < -0.3 is 4.90 Å². The number of carbonyl (C=O) groups is 1. The molecule has 0 saturated heterocycles. The SMILES string of the molecule is CCCCCN(Cc1ccc(F)cc1)C(=O)Cc1ccccc1[N+](=O)[O-]. The van der Waals surface area contributed by atoms with Crippen molar-refractivity contribution in [1.29, 1.82) is 0 Å². The third kappa shape index (κ3) is 5.65. The molecular formula is C20H23FN2O3. The number of nitrogens with zero attached hydrogens (tertiary/aromatic N) is 2. The molecule has 0 atom stereocenters. The Morgan fingerprint density at radius 2 is 1.81 bits per heavy atom. The smallest absolute Gasteiger partial charge is 0.273 e. The normalized spacial score (nSPS) is 10.5. The second-order valence-electron chi connectivity index (χ2n) is 6.21. The standard InChI is InChI=1S/C20H23FN2O3/c1-2-3-6-13-22(15-16-9-11-18(21)12-10-16)20(24)14-17-7-4-5-8-19(17)23(25)26/h4-5,7-12H,2-3,6,13-15H2,1H3. The van der Waals surface area contributed by atoms with Gasteiger partial charge in [-0.25, -0.2) is 4.39 Å². The molecule has 0 aliphatic rings. The number of nitro benzene ring substituents is 1. The largest absolute Gasteiger partial charge is 0.338 e. The third-order valence-electron chi connectivity index (χ3n) is 4.20. The molecule has 0 unspecified atom stereocenters. The first-order valence-corrected chi connectivity index (χ1v) is 8.75. The fraction of sp³-hybridized carbons (Fsp3) is 0.350. The molecule has 0 N–H and O–H groups in total. The van der Waals surface area contributed by atoms with Crippen LogP contribution in [0.4, 0.5) is 10.1 Å². The molecule has 0 aliphatic carbocycles. The lowest BCUT2D eigenvalue weighted by molar-refractivity contribution is -0.385. The number of rotatable bonds is 9. The second-order valence-corrected chi connectivity index (χ2v) is 6.21. The van der Waals surface area contributed by atoms with Crippen LogP contribution < -0.4 is 0 Å². The Hall–Kier alpha value is -2.76. The van der Waals surface area contributed by atoms with Crippen molar-refractivity contribution in [3.63, 3.8) is 0 Å². The van der Waals surface area contributed by atoms with Gasteiger partial charge in [-0.05, 0) is 24.1 Å². The van der Waals surface area contributed by atoms with E-state index in [1.165, 1.54) is 18.2 Å². The first kappa shape index (κ1) is 19.6. The molecule has 0 aromatic heterocycles. The Morgan fingerprint density at radius 1 is 1.12 bits per heavy atom. The number of para-hydroxylation sites is 1. The molecule has 5 nitrogen and oxygen atoms in total. The van der Waals surface area contributed by atoms with Crippen LogP contribution in [-0.4, -0.2) is 22.3 Å². The van der Waals surface area contributed by atoms with Gasteiger partial charge in [-0.15, -0.1) is 0 Å². The van der Waals surface area contributed by atoms with Gasteiger partial charge in [0.1, 0.15) is 5.82 Å². The molecule has 0 radical (unpaired) electrons. The molecule has 2 aromatic rings. The van der Waals surface area contributed by atoms with E-state index in [0.29, 0.717) is 18.7 Å². The summed E-state index contributed by atoms with van der Waals surface area (Å²) in [6.45, 7) is 3.02. The lowest BCUT2D eigenvalue weighted by Gasteiger charge is -2.23. The van der Waals surface area contributed by atoms with E-state index in [2.05, 4.69) is 6.92 Å². The fourth-order valence-electron chi connectivity index (χ4n) is 2.77. The molecule has 138 valence electrons. The molecule has 2 rings (SSSR count). The Morgan fingerprint density at radius 3 is 2.46 bits per heavy atom. The lowest BCUT2D eigenvalue weighted by Crippen LogP contribution is -2.33. The van der Waals surface area contributed by atoms with E-state index < -0.39 is 4.92 Å². The maximum Gasteiger partial charge on any atom is 0.273 e. The van der Waals surface area contributed by atoms with Crippen LogP contribution in [0.3, 0.4) is 0 Å². The molecule has 0 fully saturated rings. The van der Waals surface area contributed by atoms with Crippen molar-refractivity contribution in [3.8, 4) is 0 Å². The number of benzene rings is 2. The highest BCUT2D eigenvalue weighted by Gasteiger charge is 2.20. The number of hydrogen-bond donors (Lipinski definition) is 0. The molecule has 26 heavy (non-hydrogen) atoms. The van der Waals surface area contributed by atoms with Gasteiger partial charge in [-0.3, -0.25) is 14.9 Å². The van der Waals surface area contributed by atoms with Crippen LogP contribution in [0.15, 0.2) is 48.5 Å². The van der Waals surface area contributed by atoms with Gasteiger partial charge >= 0.3 is 0 Å². The maximum absolute atomic E-state index is 13.1. The van der Waals surface area contributed by atoms with E-state index in [-0.39, 0.29) is 23.8 Å². The van der Waals surface area contributed by atoms with E-state index in [9.17, 15) is 19.3 Å². The monoisotopic (exact) mass is 358 g/mol. The summed E-state index contributed by atoms with van der Waals surface area (Å²) < 4.78 is 13.1. The van der Waals surface area contributed by atoms with Gasteiger partial charge in [0.2, 0.25) is 5.91 Å². The quantitative estimate of drug-likeness (QED) is 0.377. The number of hydrogen-bond acceptors (Lipinski definition) is 3. The van der Waals surface area contributed by atoms with Crippen LogP contribution in [0.5, 0.6) is 0 Å². The van der Waals surface area contributed by atoms with Crippen LogP contribution in [0.1, 0.15) is 37.3 Å². The Bertz CT molecular complexity index is 747. The zero-order valence-corrected chi connectivity index (χ0v) is 14.9. The molecule has 6 heteroatoms. The average Bonchev–Trinajstić information content (AvgIpc) is 2.63. The van der Waals surface area contributed by atoms with Crippen LogP contribution in [-0.2, 0) is 17.8 Å². The third-order valence-corrected chi connectivity index (χ3v) is 4.20. The van der Waals surface area contributed by atoms with Gasteiger partial charge in [-0.2, -0.15) is 0 Å². The van der Waals surface area contributed by atoms with Crippen molar-refractivity contribution in [2.24, 2.45) is 0 Å². The number of carbonyl (C=O) groups excluding carboxylic acids is 1. The summed E-state index contributed by atoms with van der Waals surface area (Å²) in [6, 6.07) is 12.3. The highest BCUT2D eigenvalue weighted by Crippen LogP contribution is 2.19. The predicted molar refractivity (Wildman–Crippen MR) is 98.1 cm³/mol. The number of halogens is 1. The van der Waals surface area contributed by atoms with Gasteiger partial charge in [0.25, 0.3) is 5.69 Å². The summed E-state index contributed by atoms with van der Waals surface area (Å²) >= 11 is 0. The van der Waals surface area contributed by atoms with Crippen molar-refractivity contribution in [2.45, 2.75) is 39.2 Å². The average molecular weight is 358 g/mol. The van der Waals surface area contributed by atoms with Crippen LogP contribution in [0, 0.1) is 15.9 Å². The zero-order chi connectivity index (χ0) is 18.9. The molecule has 1 amide bonds.